The monoisotopic (exact) mass is 340 g/mol. The van der Waals surface area contributed by atoms with Crippen LogP contribution in [0.2, 0.25) is 0 Å². The second kappa shape index (κ2) is 9.27. The molecule has 1 aliphatic rings. The molecule has 0 aromatic heterocycles. The topological polar surface area (TPSA) is 20.2 Å². The first-order valence-corrected chi connectivity index (χ1v) is 10.1. The Kier molecular flexibility index (Phi) is 7.35. The quantitative estimate of drug-likeness (QED) is 0.384. The molecule has 0 spiro atoms. The molecule has 25 heavy (non-hydrogen) atoms. The molecule has 0 amide bonds. The minimum atomic E-state index is 0.264. The summed E-state index contributed by atoms with van der Waals surface area (Å²) in [6.07, 6.45) is 11.0. The van der Waals surface area contributed by atoms with E-state index in [0.29, 0.717) is 17.6 Å². The lowest BCUT2D eigenvalue weighted by Crippen LogP contribution is -2.17. The fraction of sp³-hybridized carbons (Fsp3) is 0.583. The van der Waals surface area contributed by atoms with Gasteiger partial charge in [-0.15, -0.1) is 0 Å². The lowest BCUT2D eigenvalue weighted by atomic mass is 9.74. The summed E-state index contributed by atoms with van der Waals surface area (Å²) in [5, 5.41) is 10.7. The molecule has 2 rings (SSSR count). The molecule has 3 unspecified atom stereocenters. The van der Waals surface area contributed by atoms with Crippen LogP contribution < -0.4 is 0 Å². The molecule has 1 aromatic carbocycles. The van der Waals surface area contributed by atoms with Crippen LogP contribution in [0.4, 0.5) is 0 Å². The zero-order chi connectivity index (χ0) is 18.4. The second-order valence-electron chi connectivity index (χ2n) is 8.10. The van der Waals surface area contributed by atoms with E-state index in [0.717, 1.165) is 18.4 Å². The average molecular weight is 341 g/mol. The van der Waals surface area contributed by atoms with Gasteiger partial charge in [-0.2, -0.15) is 0 Å². The Morgan fingerprint density at radius 3 is 2.68 bits per heavy atom. The van der Waals surface area contributed by atoms with Crippen LogP contribution in [0.1, 0.15) is 95.6 Å². The van der Waals surface area contributed by atoms with Crippen LogP contribution in [0, 0.1) is 5.92 Å². The number of hydrogen-bond donors (Lipinski definition) is 1. The first-order chi connectivity index (χ1) is 11.9. The van der Waals surface area contributed by atoms with Crippen molar-refractivity contribution in [3.05, 3.63) is 53.1 Å². The number of hydrogen-bond acceptors (Lipinski definition) is 1. The predicted octanol–water partition coefficient (Wildman–Crippen LogP) is 7.48. The fourth-order valence-electron chi connectivity index (χ4n) is 4.12. The van der Waals surface area contributed by atoms with E-state index in [4.69, 9.17) is 0 Å². The maximum absolute atomic E-state index is 10.7. The van der Waals surface area contributed by atoms with Gasteiger partial charge in [0.2, 0.25) is 0 Å². The fourth-order valence-corrected chi connectivity index (χ4v) is 4.12. The smallest absolute Gasteiger partial charge is 0.119 e. The Morgan fingerprint density at radius 1 is 1.28 bits per heavy atom. The van der Waals surface area contributed by atoms with Gasteiger partial charge in [-0.3, -0.25) is 0 Å². The lowest BCUT2D eigenvalue weighted by molar-refractivity contribution is 0.435. The highest BCUT2D eigenvalue weighted by atomic mass is 16.3. The van der Waals surface area contributed by atoms with Crippen molar-refractivity contribution in [2.45, 2.75) is 84.5 Å². The lowest BCUT2D eigenvalue weighted by Gasteiger charge is -2.31. The number of phenols is 1. The molecule has 1 aromatic rings. The van der Waals surface area contributed by atoms with E-state index in [-0.39, 0.29) is 5.92 Å². The van der Waals surface area contributed by atoms with Crippen molar-refractivity contribution < 1.29 is 5.11 Å². The molecular weight excluding hydrogens is 304 g/mol. The summed E-state index contributed by atoms with van der Waals surface area (Å²) in [4.78, 5) is 0. The predicted molar refractivity (Wildman–Crippen MR) is 109 cm³/mol. The molecule has 0 saturated heterocycles. The van der Waals surface area contributed by atoms with Gasteiger partial charge >= 0.3 is 0 Å². The van der Waals surface area contributed by atoms with Crippen LogP contribution in [-0.4, -0.2) is 5.11 Å². The van der Waals surface area contributed by atoms with Gasteiger partial charge in [0, 0.05) is 11.5 Å². The molecule has 1 aliphatic carbocycles. The number of unbranched alkanes of at least 4 members (excludes halogenated alkanes) is 3. The molecule has 0 heterocycles. The number of allylic oxidation sites excluding steroid dienone is 3. The summed E-state index contributed by atoms with van der Waals surface area (Å²) in [5.74, 6) is 1.67. The van der Waals surface area contributed by atoms with E-state index < -0.39 is 0 Å². The van der Waals surface area contributed by atoms with Crippen LogP contribution in [0.25, 0.3) is 0 Å². The Hall–Kier alpha value is -1.50. The van der Waals surface area contributed by atoms with Crippen molar-refractivity contribution in [2.75, 3.05) is 0 Å². The summed E-state index contributed by atoms with van der Waals surface area (Å²) < 4.78 is 0. The van der Waals surface area contributed by atoms with Crippen molar-refractivity contribution in [3.63, 3.8) is 0 Å². The maximum atomic E-state index is 10.7. The molecule has 0 aliphatic heterocycles. The number of phenolic OH excluding ortho intramolecular Hbond substituents is 1. The Bertz CT molecular complexity index is 611. The third-order valence-electron chi connectivity index (χ3n) is 5.85. The highest BCUT2D eigenvalue weighted by molar-refractivity contribution is 5.44. The van der Waals surface area contributed by atoms with E-state index in [1.54, 1.807) is 0 Å². The molecule has 3 atom stereocenters. The highest BCUT2D eigenvalue weighted by Gasteiger charge is 2.27. The van der Waals surface area contributed by atoms with Gasteiger partial charge in [0.25, 0.3) is 0 Å². The zero-order valence-corrected chi connectivity index (χ0v) is 16.6. The van der Waals surface area contributed by atoms with Gasteiger partial charge in [0.15, 0.2) is 0 Å². The summed E-state index contributed by atoms with van der Waals surface area (Å²) in [7, 11) is 0. The Morgan fingerprint density at radius 2 is 2.04 bits per heavy atom. The van der Waals surface area contributed by atoms with Crippen LogP contribution in [0.15, 0.2) is 42.0 Å². The highest BCUT2D eigenvalue weighted by Crippen LogP contribution is 2.43. The Labute approximate surface area is 154 Å². The van der Waals surface area contributed by atoms with E-state index in [2.05, 4.69) is 52.5 Å². The standard InChI is InChI=1S/C24H36O/c1-6-7-8-9-10-19(5)20-12-14-22(24(25)16-20)23-15-18(4)11-13-21(23)17(2)3/h12,14-16,19,21,23,25H,2,6-11,13H2,1,3-5H3. The van der Waals surface area contributed by atoms with Crippen LogP contribution in [0.3, 0.4) is 0 Å². The average Bonchev–Trinajstić information content (AvgIpc) is 2.58. The molecule has 0 fully saturated rings. The Balaban J connectivity index is 2.15. The first-order valence-electron chi connectivity index (χ1n) is 10.1. The summed E-state index contributed by atoms with van der Waals surface area (Å²) in [5.41, 5.74) is 4.98. The zero-order valence-electron chi connectivity index (χ0n) is 16.6. The SMILES string of the molecule is C=C(C)C1CCC(C)=CC1c1ccc(C(C)CCCCCC)cc1O. The number of benzene rings is 1. The summed E-state index contributed by atoms with van der Waals surface area (Å²) in [6.45, 7) is 13.0. The van der Waals surface area contributed by atoms with Crippen LogP contribution >= 0.6 is 0 Å². The van der Waals surface area contributed by atoms with E-state index in [1.165, 1.54) is 48.8 Å². The maximum Gasteiger partial charge on any atom is 0.119 e. The third kappa shape index (κ3) is 5.23. The second-order valence-corrected chi connectivity index (χ2v) is 8.10. The van der Waals surface area contributed by atoms with Crippen molar-refractivity contribution in [2.24, 2.45) is 5.92 Å². The van der Waals surface area contributed by atoms with Gasteiger partial charge in [-0.05, 0) is 56.6 Å². The molecular formula is C24H36O. The number of aromatic hydroxyl groups is 1. The van der Waals surface area contributed by atoms with Gasteiger partial charge in [0.1, 0.15) is 5.75 Å². The van der Waals surface area contributed by atoms with Crippen LogP contribution in [-0.2, 0) is 0 Å². The molecule has 1 nitrogen and oxygen atoms in total. The van der Waals surface area contributed by atoms with Crippen molar-refractivity contribution in [3.8, 4) is 5.75 Å². The molecule has 0 radical (unpaired) electrons. The van der Waals surface area contributed by atoms with E-state index in [9.17, 15) is 5.11 Å². The van der Waals surface area contributed by atoms with E-state index in [1.807, 2.05) is 6.07 Å². The van der Waals surface area contributed by atoms with Gasteiger partial charge < -0.3 is 5.11 Å². The minimum absolute atomic E-state index is 0.264. The van der Waals surface area contributed by atoms with Crippen molar-refractivity contribution in [1.82, 2.24) is 0 Å². The van der Waals surface area contributed by atoms with E-state index >= 15 is 0 Å². The molecule has 1 N–H and O–H groups in total. The summed E-state index contributed by atoms with van der Waals surface area (Å²) >= 11 is 0. The van der Waals surface area contributed by atoms with Gasteiger partial charge in [-0.25, -0.2) is 0 Å². The summed E-state index contributed by atoms with van der Waals surface area (Å²) in [6, 6.07) is 6.39. The van der Waals surface area contributed by atoms with Crippen molar-refractivity contribution >= 4 is 0 Å². The number of rotatable bonds is 8. The van der Waals surface area contributed by atoms with Crippen molar-refractivity contribution in [1.29, 1.82) is 0 Å². The minimum Gasteiger partial charge on any atom is -0.508 e. The molecule has 1 heteroatoms. The molecule has 0 bridgehead atoms. The molecule has 0 saturated carbocycles. The van der Waals surface area contributed by atoms with Gasteiger partial charge in [-0.1, -0.05) is 75.5 Å². The van der Waals surface area contributed by atoms with Crippen LogP contribution in [0.5, 0.6) is 5.75 Å². The molecule has 138 valence electrons. The first kappa shape index (κ1) is 19.8. The third-order valence-corrected chi connectivity index (χ3v) is 5.85. The largest absolute Gasteiger partial charge is 0.508 e. The normalized spacial score (nSPS) is 21.7. The van der Waals surface area contributed by atoms with Gasteiger partial charge in [0.05, 0.1) is 0 Å².